The maximum absolute atomic E-state index is 13.4. The van der Waals surface area contributed by atoms with E-state index >= 15 is 0 Å². The maximum Gasteiger partial charge on any atom is 0.230 e. The fraction of sp³-hybridized carbons (Fsp3) is 0.273. The molecule has 10 heteroatoms. The summed E-state index contributed by atoms with van der Waals surface area (Å²) in [4.78, 5) is 28.4. The number of aromatic amines is 1. The minimum Gasteiger partial charge on any atom is -0.368 e. The lowest BCUT2D eigenvalue weighted by molar-refractivity contribution is -0.230. The van der Waals surface area contributed by atoms with E-state index < -0.39 is 11.7 Å². The van der Waals surface area contributed by atoms with E-state index in [4.69, 9.17) is 15.2 Å². The van der Waals surface area contributed by atoms with E-state index in [0.717, 1.165) is 0 Å². The zero-order valence-corrected chi connectivity index (χ0v) is 17.5. The number of amides is 1. The van der Waals surface area contributed by atoms with E-state index in [1.54, 1.807) is 31.2 Å². The normalized spacial score (nSPS) is 20.6. The lowest BCUT2D eigenvalue weighted by Gasteiger charge is -2.35. The summed E-state index contributed by atoms with van der Waals surface area (Å²) in [6.07, 6.45) is 2.33. The van der Waals surface area contributed by atoms with Crippen LogP contribution in [0.1, 0.15) is 19.0 Å². The zero-order valence-electron chi connectivity index (χ0n) is 17.5. The molecule has 1 aliphatic rings. The predicted molar refractivity (Wildman–Crippen MR) is 115 cm³/mol. The van der Waals surface area contributed by atoms with Gasteiger partial charge >= 0.3 is 0 Å². The van der Waals surface area contributed by atoms with Gasteiger partial charge in [-0.1, -0.05) is 6.08 Å². The molecule has 32 heavy (non-hydrogen) atoms. The second-order valence-electron chi connectivity index (χ2n) is 7.67. The molecule has 9 nitrogen and oxygen atoms in total. The third-order valence-electron chi connectivity index (χ3n) is 5.06. The number of hydrogen-bond donors (Lipinski definition) is 3. The maximum atomic E-state index is 13.4. The molecular weight excluding hydrogens is 415 g/mol. The van der Waals surface area contributed by atoms with Gasteiger partial charge in [0.05, 0.1) is 35.7 Å². The molecule has 2 aromatic heterocycles. The van der Waals surface area contributed by atoms with Crippen molar-refractivity contribution in [2.75, 3.05) is 25.5 Å². The van der Waals surface area contributed by atoms with Crippen LogP contribution >= 0.6 is 0 Å². The molecule has 1 saturated heterocycles. The fourth-order valence-corrected chi connectivity index (χ4v) is 3.29. The second-order valence-corrected chi connectivity index (χ2v) is 7.67. The van der Waals surface area contributed by atoms with Crippen LogP contribution in [-0.4, -0.2) is 45.6 Å². The molecule has 0 radical (unpaired) electrons. The zero-order chi connectivity index (χ0) is 22.7. The number of H-pyrrole nitrogens is 1. The highest BCUT2D eigenvalue weighted by molar-refractivity contribution is 5.82. The van der Waals surface area contributed by atoms with Crippen molar-refractivity contribution in [3.63, 3.8) is 0 Å². The molecule has 3 heterocycles. The molecule has 0 bridgehead atoms. The molecule has 3 aromatic rings. The molecule has 0 unspecified atom stereocenters. The van der Waals surface area contributed by atoms with Crippen LogP contribution in [0.5, 0.6) is 0 Å². The van der Waals surface area contributed by atoms with E-state index in [1.165, 1.54) is 18.3 Å². The standard InChI is InChI=1S/C22H23FN6O3/c1-3-9-25-20(30)22(2)11-31-19(32-12-22)18-28-16(13-4-6-14(23)7-5-13)17(29-18)15-8-10-26-21(24)27-15/h3-8,10,19H,1,9,11-12H2,2H3,(H,25,30)(H,28,29)(H2,24,26,27). The highest BCUT2D eigenvalue weighted by atomic mass is 19.1. The lowest BCUT2D eigenvalue weighted by Crippen LogP contribution is -2.48. The van der Waals surface area contributed by atoms with Crippen molar-refractivity contribution in [1.29, 1.82) is 0 Å². The minimum absolute atomic E-state index is 0.107. The molecular formula is C22H23FN6O3. The van der Waals surface area contributed by atoms with E-state index in [1.807, 2.05) is 0 Å². The van der Waals surface area contributed by atoms with Gasteiger partial charge in [-0.25, -0.2) is 19.3 Å². The topological polar surface area (TPSA) is 128 Å². The van der Waals surface area contributed by atoms with Crippen molar-refractivity contribution in [3.8, 4) is 22.6 Å². The molecule has 1 aromatic carbocycles. The first-order valence-electron chi connectivity index (χ1n) is 9.97. The summed E-state index contributed by atoms with van der Waals surface area (Å²) in [5.41, 5.74) is 7.19. The van der Waals surface area contributed by atoms with Gasteiger partial charge in [0.2, 0.25) is 18.1 Å². The lowest BCUT2D eigenvalue weighted by atomic mass is 9.91. The number of imidazole rings is 1. The Kier molecular flexibility index (Phi) is 5.97. The quantitative estimate of drug-likeness (QED) is 0.505. The molecule has 166 valence electrons. The molecule has 1 aliphatic heterocycles. The summed E-state index contributed by atoms with van der Waals surface area (Å²) in [6.45, 7) is 6.01. The van der Waals surface area contributed by atoms with Crippen molar-refractivity contribution >= 4 is 11.9 Å². The van der Waals surface area contributed by atoms with Crippen molar-refractivity contribution < 1.29 is 18.7 Å². The summed E-state index contributed by atoms with van der Waals surface area (Å²) in [5, 5.41) is 2.77. The largest absolute Gasteiger partial charge is 0.368 e. The summed E-state index contributed by atoms with van der Waals surface area (Å²) in [5.74, 6) is -0.0371. The number of carbonyl (C=O) groups excluding carboxylic acids is 1. The number of benzene rings is 1. The number of ether oxygens (including phenoxy) is 2. The van der Waals surface area contributed by atoms with Gasteiger partial charge in [0.1, 0.15) is 5.82 Å². The Hall–Kier alpha value is -3.63. The highest BCUT2D eigenvalue weighted by Gasteiger charge is 2.40. The average molecular weight is 438 g/mol. The second kappa shape index (κ2) is 8.85. The first kappa shape index (κ1) is 21.6. The molecule has 0 spiro atoms. The third kappa shape index (κ3) is 4.36. The van der Waals surface area contributed by atoms with Gasteiger partial charge in [0.15, 0.2) is 5.82 Å². The van der Waals surface area contributed by atoms with Crippen LogP contribution in [-0.2, 0) is 14.3 Å². The summed E-state index contributed by atoms with van der Waals surface area (Å²) in [7, 11) is 0. The van der Waals surface area contributed by atoms with E-state index in [-0.39, 0.29) is 30.9 Å². The predicted octanol–water partition coefficient (Wildman–Crippen LogP) is 2.61. The molecule has 0 atom stereocenters. The molecule has 0 aliphatic carbocycles. The number of carbonyl (C=O) groups is 1. The first-order chi connectivity index (χ1) is 15.4. The van der Waals surface area contributed by atoms with Crippen LogP contribution in [0.25, 0.3) is 22.6 Å². The van der Waals surface area contributed by atoms with Crippen LogP contribution in [0.4, 0.5) is 10.3 Å². The highest BCUT2D eigenvalue weighted by Crippen LogP contribution is 2.35. The van der Waals surface area contributed by atoms with Gasteiger partial charge in [-0.3, -0.25) is 4.79 Å². The van der Waals surface area contributed by atoms with Crippen LogP contribution in [0.2, 0.25) is 0 Å². The Labute approximate surface area is 183 Å². The number of nitrogens with two attached hydrogens (primary N) is 1. The van der Waals surface area contributed by atoms with Crippen LogP contribution < -0.4 is 11.1 Å². The van der Waals surface area contributed by atoms with Crippen LogP contribution in [0.3, 0.4) is 0 Å². The number of nitrogens with one attached hydrogen (secondary N) is 2. The van der Waals surface area contributed by atoms with Gasteiger partial charge in [-0.2, -0.15) is 0 Å². The molecule has 4 rings (SSSR count). The van der Waals surface area contributed by atoms with Gasteiger partial charge in [0.25, 0.3) is 0 Å². The van der Waals surface area contributed by atoms with Crippen molar-refractivity contribution in [2.45, 2.75) is 13.2 Å². The van der Waals surface area contributed by atoms with Gasteiger partial charge in [-0.05, 0) is 37.3 Å². The smallest absolute Gasteiger partial charge is 0.230 e. The Morgan fingerprint density at radius 1 is 1.31 bits per heavy atom. The van der Waals surface area contributed by atoms with Crippen molar-refractivity contribution in [2.24, 2.45) is 5.41 Å². The SMILES string of the molecule is C=CCNC(=O)C1(C)COC(c2nc(-c3ccc(F)cc3)c(-c3ccnc(N)n3)[nH]2)OC1. The Morgan fingerprint density at radius 2 is 2.03 bits per heavy atom. The minimum atomic E-state index is -0.837. The van der Waals surface area contributed by atoms with E-state index in [9.17, 15) is 9.18 Å². The van der Waals surface area contributed by atoms with E-state index in [2.05, 4.69) is 31.8 Å². The third-order valence-corrected chi connectivity index (χ3v) is 5.06. The van der Waals surface area contributed by atoms with Crippen LogP contribution in [0.15, 0.2) is 49.2 Å². The number of anilines is 1. The number of aromatic nitrogens is 4. The monoisotopic (exact) mass is 438 g/mol. The van der Waals surface area contributed by atoms with Gasteiger partial charge in [-0.15, -0.1) is 6.58 Å². The molecule has 0 saturated carbocycles. The summed E-state index contributed by atoms with van der Waals surface area (Å²) >= 11 is 0. The number of hydrogen-bond acceptors (Lipinski definition) is 7. The number of rotatable bonds is 6. The number of nitrogens with zero attached hydrogens (tertiary/aromatic N) is 3. The number of nitrogen functional groups attached to an aromatic ring is 1. The molecule has 1 amide bonds. The van der Waals surface area contributed by atoms with E-state index in [0.29, 0.717) is 35.0 Å². The van der Waals surface area contributed by atoms with Gasteiger partial charge in [0, 0.05) is 18.3 Å². The first-order valence-corrected chi connectivity index (χ1v) is 9.97. The number of halogens is 1. The van der Waals surface area contributed by atoms with Gasteiger partial charge < -0.3 is 25.5 Å². The van der Waals surface area contributed by atoms with Crippen molar-refractivity contribution in [1.82, 2.24) is 25.3 Å². The average Bonchev–Trinajstić information content (AvgIpc) is 3.24. The molecule has 1 fully saturated rings. The van der Waals surface area contributed by atoms with Crippen molar-refractivity contribution in [3.05, 3.63) is 60.8 Å². The Morgan fingerprint density at radius 3 is 2.69 bits per heavy atom. The Bertz CT molecular complexity index is 1120. The fourth-order valence-electron chi connectivity index (χ4n) is 3.29. The summed E-state index contributed by atoms with van der Waals surface area (Å²) < 4.78 is 25.1. The summed E-state index contributed by atoms with van der Waals surface area (Å²) in [6, 6.07) is 7.62. The van der Waals surface area contributed by atoms with Crippen LogP contribution in [0, 0.1) is 11.2 Å². The Balaban J connectivity index is 1.63. The molecule has 4 N–H and O–H groups in total.